The van der Waals surface area contributed by atoms with Crippen LogP contribution in [0, 0.1) is 50.7 Å². The summed E-state index contributed by atoms with van der Waals surface area (Å²) in [4.78, 5) is 11.2. The van der Waals surface area contributed by atoms with Crippen LogP contribution in [0.2, 0.25) is 0 Å². The molecule has 0 aliphatic heterocycles. The Balaban J connectivity index is 1.35. The van der Waals surface area contributed by atoms with E-state index < -0.39 is 5.97 Å². The summed E-state index contributed by atoms with van der Waals surface area (Å²) in [6.45, 7) is 11.9. The van der Waals surface area contributed by atoms with Crippen molar-refractivity contribution in [1.29, 1.82) is 0 Å². The molecule has 0 aromatic rings. The molecule has 4 heteroatoms. The Labute approximate surface area is 206 Å². The third-order valence-electron chi connectivity index (χ3n) is 13.3. The fourth-order valence-electron chi connectivity index (χ4n) is 11.2. The second-order valence-corrected chi connectivity index (χ2v) is 14.3. The molecule has 0 bridgehead atoms. The summed E-state index contributed by atoms with van der Waals surface area (Å²) < 4.78 is 0. The summed E-state index contributed by atoms with van der Waals surface area (Å²) in [5, 5.41) is 29.4. The molecule has 5 aliphatic carbocycles. The van der Waals surface area contributed by atoms with E-state index in [9.17, 15) is 20.1 Å². The van der Waals surface area contributed by atoms with Crippen LogP contribution in [-0.4, -0.2) is 34.0 Å². The van der Waals surface area contributed by atoms with E-state index >= 15 is 0 Å². The molecule has 3 N–H and O–H groups in total. The zero-order valence-corrected chi connectivity index (χ0v) is 22.2. The van der Waals surface area contributed by atoms with Crippen LogP contribution in [0.15, 0.2) is 11.6 Å². The molecule has 0 aromatic heterocycles. The number of carboxylic acid groups (broad SMARTS) is 1. The molecular formula is C30H48O4. The first-order valence-corrected chi connectivity index (χ1v) is 14.1. The van der Waals surface area contributed by atoms with Crippen molar-refractivity contribution in [2.45, 2.75) is 111 Å². The number of carboxylic acids is 1. The maximum absolute atomic E-state index is 11.2. The first kappa shape index (κ1) is 24.8. The van der Waals surface area contributed by atoms with Gasteiger partial charge in [0.15, 0.2) is 0 Å². The van der Waals surface area contributed by atoms with Crippen molar-refractivity contribution in [2.24, 2.45) is 50.7 Å². The van der Waals surface area contributed by atoms with Gasteiger partial charge in [0.1, 0.15) is 0 Å². The van der Waals surface area contributed by atoms with E-state index in [1.807, 2.05) is 0 Å². The lowest BCUT2D eigenvalue weighted by molar-refractivity contribution is -0.161. The largest absolute Gasteiger partial charge is 0.478 e. The Bertz CT molecular complexity index is 877. The van der Waals surface area contributed by atoms with Crippen molar-refractivity contribution in [3.8, 4) is 0 Å². The average Bonchev–Trinajstić information content (AvgIpc) is 3.36. The molecule has 0 amide bonds. The molecule has 192 valence electrons. The minimum Gasteiger partial charge on any atom is -0.478 e. The third kappa shape index (κ3) is 3.00. The normalized spacial score (nSPS) is 49.9. The Morgan fingerprint density at radius 3 is 2.29 bits per heavy atom. The van der Waals surface area contributed by atoms with Gasteiger partial charge in [-0.1, -0.05) is 40.7 Å². The third-order valence-corrected chi connectivity index (χ3v) is 13.3. The topological polar surface area (TPSA) is 77.8 Å². The van der Waals surface area contributed by atoms with E-state index in [-0.39, 0.29) is 23.7 Å². The van der Waals surface area contributed by atoms with E-state index in [1.54, 1.807) is 6.08 Å². The molecule has 2 spiro atoms. The number of fused-ring (bicyclic) bond motifs is 2. The molecule has 0 heterocycles. The van der Waals surface area contributed by atoms with Crippen LogP contribution in [0.3, 0.4) is 0 Å². The lowest BCUT2D eigenvalue weighted by atomic mass is 9.41. The summed E-state index contributed by atoms with van der Waals surface area (Å²) in [6, 6.07) is 0. The van der Waals surface area contributed by atoms with E-state index in [4.69, 9.17) is 0 Å². The van der Waals surface area contributed by atoms with Gasteiger partial charge in [0.05, 0.1) is 18.3 Å². The summed E-state index contributed by atoms with van der Waals surface area (Å²) in [7, 11) is 0. The fourth-order valence-corrected chi connectivity index (χ4v) is 11.2. The van der Waals surface area contributed by atoms with Crippen LogP contribution >= 0.6 is 0 Å². The van der Waals surface area contributed by atoms with Gasteiger partial charge < -0.3 is 15.3 Å². The van der Waals surface area contributed by atoms with Crippen LogP contribution in [0.5, 0.6) is 0 Å². The molecule has 0 aromatic carbocycles. The standard InChI is InChI=1S/C30H48O4/c1-19(7-6-8-20(17-31)25(33)34)21-11-13-28(5)23-10-9-22-26(2,3)24(32)12-14-29(22)18-30(23,29)16-15-27(21,28)4/h8,19,21-24,31-32H,6-7,9-18H2,1-5H3,(H,33,34)/b20-8+/t19?,21-,22+,23+,24?,27-,28+,29-,30+/m1/s1. The van der Waals surface area contributed by atoms with Gasteiger partial charge in [0.2, 0.25) is 0 Å². The zero-order chi connectivity index (χ0) is 24.7. The summed E-state index contributed by atoms with van der Waals surface area (Å²) in [6.07, 6.45) is 15.0. The van der Waals surface area contributed by atoms with E-state index in [2.05, 4.69) is 34.6 Å². The highest BCUT2D eigenvalue weighted by molar-refractivity contribution is 5.86. The zero-order valence-electron chi connectivity index (χ0n) is 22.2. The summed E-state index contributed by atoms with van der Waals surface area (Å²) in [5.41, 5.74) is 1.96. The van der Waals surface area contributed by atoms with Crippen LogP contribution in [0.25, 0.3) is 0 Å². The van der Waals surface area contributed by atoms with Gasteiger partial charge in [0.25, 0.3) is 0 Å². The number of rotatable bonds is 6. The highest BCUT2D eigenvalue weighted by Crippen LogP contribution is 2.89. The molecular weight excluding hydrogens is 424 g/mol. The van der Waals surface area contributed by atoms with Crippen molar-refractivity contribution in [1.82, 2.24) is 0 Å². The molecule has 34 heavy (non-hydrogen) atoms. The molecule has 5 rings (SSSR count). The van der Waals surface area contributed by atoms with Gasteiger partial charge in [0, 0.05) is 0 Å². The number of hydrogen-bond donors (Lipinski definition) is 3. The van der Waals surface area contributed by atoms with Gasteiger partial charge >= 0.3 is 5.97 Å². The van der Waals surface area contributed by atoms with Gasteiger partial charge in [-0.3, -0.25) is 0 Å². The Kier molecular flexibility index (Phi) is 5.70. The number of hydrogen-bond acceptors (Lipinski definition) is 3. The minimum atomic E-state index is -1.000. The van der Waals surface area contributed by atoms with Crippen LogP contribution in [0.4, 0.5) is 0 Å². The molecule has 2 unspecified atom stereocenters. The predicted molar refractivity (Wildman–Crippen MR) is 134 cm³/mol. The maximum atomic E-state index is 11.2. The number of carbonyl (C=O) groups is 1. The van der Waals surface area contributed by atoms with Crippen molar-refractivity contribution in [2.75, 3.05) is 6.61 Å². The van der Waals surface area contributed by atoms with Crippen LogP contribution in [0.1, 0.15) is 105 Å². The van der Waals surface area contributed by atoms with Gasteiger partial charge in [-0.15, -0.1) is 0 Å². The highest BCUT2D eigenvalue weighted by atomic mass is 16.4. The molecule has 4 nitrogen and oxygen atoms in total. The monoisotopic (exact) mass is 472 g/mol. The smallest absolute Gasteiger partial charge is 0.333 e. The molecule has 5 saturated carbocycles. The average molecular weight is 473 g/mol. The second kappa shape index (κ2) is 7.81. The van der Waals surface area contributed by atoms with E-state index in [0.29, 0.717) is 39.4 Å². The number of aliphatic carboxylic acids is 1. The summed E-state index contributed by atoms with van der Waals surface area (Å²) >= 11 is 0. The molecule has 5 aliphatic rings. The van der Waals surface area contributed by atoms with E-state index in [1.165, 1.54) is 51.4 Å². The van der Waals surface area contributed by atoms with E-state index in [0.717, 1.165) is 25.2 Å². The Hall–Kier alpha value is -0.870. The molecule has 0 radical (unpaired) electrons. The second-order valence-electron chi connectivity index (χ2n) is 14.3. The lowest BCUT2D eigenvalue weighted by Crippen LogP contribution is -2.57. The number of aliphatic hydroxyl groups is 2. The lowest BCUT2D eigenvalue weighted by Gasteiger charge is -2.63. The fraction of sp³-hybridized carbons (Fsp3) is 0.900. The number of allylic oxidation sites excluding steroid dienone is 1. The molecule has 0 saturated heterocycles. The van der Waals surface area contributed by atoms with Gasteiger partial charge in [-0.2, -0.15) is 0 Å². The van der Waals surface area contributed by atoms with Crippen LogP contribution < -0.4 is 0 Å². The van der Waals surface area contributed by atoms with Crippen molar-refractivity contribution in [3.05, 3.63) is 11.6 Å². The van der Waals surface area contributed by atoms with Crippen molar-refractivity contribution >= 4 is 5.97 Å². The summed E-state index contributed by atoms with van der Waals surface area (Å²) in [5.74, 6) is 1.78. The first-order valence-electron chi connectivity index (χ1n) is 14.1. The number of aliphatic hydroxyl groups excluding tert-OH is 2. The van der Waals surface area contributed by atoms with Crippen molar-refractivity contribution in [3.63, 3.8) is 0 Å². The molecule has 9 atom stereocenters. The highest BCUT2D eigenvalue weighted by Gasteiger charge is 2.82. The SMILES string of the molecule is CC(CC/C=C(\CO)C(=O)O)[C@H]1CC[C@@]2(C)[C@@H]3CC[C@H]4C(C)(C)C(O)CC[C@@]45C[C@@]35CC[C@]12C. The Morgan fingerprint density at radius 1 is 0.941 bits per heavy atom. The van der Waals surface area contributed by atoms with Crippen LogP contribution in [-0.2, 0) is 4.79 Å². The first-order chi connectivity index (χ1) is 15.9. The Morgan fingerprint density at radius 2 is 1.62 bits per heavy atom. The quantitative estimate of drug-likeness (QED) is 0.402. The minimum absolute atomic E-state index is 0.0536. The predicted octanol–water partition coefficient (Wildman–Crippen LogP) is 6.21. The molecule has 5 fully saturated rings. The van der Waals surface area contributed by atoms with Gasteiger partial charge in [-0.25, -0.2) is 4.79 Å². The maximum Gasteiger partial charge on any atom is 0.333 e. The van der Waals surface area contributed by atoms with Gasteiger partial charge in [-0.05, 0) is 121 Å². The van der Waals surface area contributed by atoms with Crippen molar-refractivity contribution < 1.29 is 20.1 Å².